The van der Waals surface area contributed by atoms with Gasteiger partial charge in [-0.15, -0.1) is 0 Å². The molecule has 1 aromatic carbocycles. The second-order valence-electron chi connectivity index (χ2n) is 8.26. The van der Waals surface area contributed by atoms with E-state index in [0.717, 1.165) is 13.0 Å². The third-order valence-corrected chi connectivity index (χ3v) is 9.45. The van der Waals surface area contributed by atoms with Gasteiger partial charge in [-0.1, -0.05) is 70.2 Å². The summed E-state index contributed by atoms with van der Waals surface area (Å²) in [5.41, 5.74) is 1.22. The molecule has 3 heteroatoms. The van der Waals surface area contributed by atoms with Crippen LogP contribution in [0.1, 0.15) is 46.6 Å². The number of hydrogen-bond donors (Lipinski definition) is 0. The summed E-state index contributed by atoms with van der Waals surface area (Å²) in [6.07, 6.45) is 5.62. The van der Waals surface area contributed by atoms with Crippen molar-refractivity contribution in [1.82, 2.24) is 0 Å². The van der Waals surface area contributed by atoms with Gasteiger partial charge in [0.25, 0.3) is 0 Å². The number of benzene rings is 1. The monoisotopic (exact) mass is 348 g/mol. The standard InChI is InChI=1S/C21H36O2Si/c1-18(15-16-23-24(6,7)21(3,4)5)13-14-19(2)22-17-20-11-9-8-10-12-20/h8-14,18-19H,15-17H2,1-7H3/b14-13+/t18-,19+/m1/s1. The maximum Gasteiger partial charge on any atom is 0.191 e. The van der Waals surface area contributed by atoms with Crippen LogP contribution < -0.4 is 0 Å². The molecule has 0 unspecified atom stereocenters. The Kier molecular flexibility index (Phi) is 8.41. The van der Waals surface area contributed by atoms with Gasteiger partial charge in [0, 0.05) is 6.61 Å². The van der Waals surface area contributed by atoms with Crippen molar-refractivity contribution in [2.75, 3.05) is 6.61 Å². The van der Waals surface area contributed by atoms with E-state index in [1.165, 1.54) is 5.56 Å². The summed E-state index contributed by atoms with van der Waals surface area (Å²) in [7, 11) is -1.62. The fraction of sp³-hybridized carbons (Fsp3) is 0.619. The van der Waals surface area contributed by atoms with Crippen molar-refractivity contribution in [3.8, 4) is 0 Å². The first kappa shape index (κ1) is 21.1. The minimum absolute atomic E-state index is 0.133. The highest BCUT2D eigenvalue weighted by Crippen LogP contribution is 2.36. The summed E-state index contributed by atoms with van der Waals surface area (Å²) in [5.74, 6) is 0.512. The Morgan fingerprint density at radius 1 is 1.04 bits per heavy atom. The molecule has 0 N–H and O–H groups in total. The smallest absolute Gasteiger partial charge is 0.191 e. The van der Waals surface area contributed by atoms with Crippen LogP contribution in [0.25, 0.3) is 0 Å². The molecule has 24 heavy (non-hydrogen) atoms. The zero-order valence-electron chi connectivity index (χ0n) is 16.6. The normalized spacial score (nSPS) is 15.6. The van der Waals surface area contributed by atoms with Gasteiger partial charge in [-0.3, -0.25) is 0 Å². The van der Waals surface area contributed by atoms with E-state index in [2.05, 4.69) is 72.0 Å². The molecule has 0 aliphatic heterocycles. The molecule has 0 spiro atoms. The molecule has 0 aliphatic rings. The van der Waals surface area contributed by atoms with Crippen LogP contribution in [0, 0.1) is 5.92 Å². The van der Waals surface area contributed by atoms with Crippen molar-refractivity contribution in [2.45, 2.75) is 71.9 Å². The summed E-state index contributed by atoms with van der Waals surface area (Å²) < 4.78 is 12.1. The SMILES string of the molecule is C[C@H](/C=C/[C@H](C)OCc1ccccc1)CCO[Si](C)(C)C(C)(C)C. The summed E-state index contributed by atoms with van der Waals surface area (Å²) in [4.78, 5) is 0. The molecule has 0 amide bonds. The summed E-state index contributed by atoms with van der Waals surface area (Å²) in [6.45, 7) is 17.3. The largest absolute Gasteiger partial charge is 0.417 e. The fourth-order valence-electron chi connectivity index (χ4n) is 2.02. The van der Waals surface area contributed by atoms with Crippen LogP contribution in [0.15, 0.2) is 42.5 Å². The fourth-order valence-corrected chi connectivity index (χ4v) is 3.08. The Bertz CT molecular complexity index is 488. The summed E-state index contributed by atoms with van der Waals surface area (Å²) >= 11 is 0. The van der Waals surface area contributed by atoms with Crippen LogP contribution in [0.3, 0.4) is 0 Å². The van der Waals surface area contributed by atoms with Crippen LogP contribution in [0.4, 0.5) is 0 Å². The maximum absolute atomic E-state index is 6.25. The van der Waals surface area contributed by atoms with Crippen LogP contribution in [-0.2, 0) is 15.8 Å². The summed E-state index contributed by atoms with van der Waals surface area (Å²) in [6, 6.07) is 10.3. The molecule has 2 atom stereocenters. The molecule has 0 saturated carbocycles. The lowest BCUT2D eigenvalue weighted by Crippen LogP contribution is -2.41. The molecular weight excluding hydrogens is 312 g/mol. The number of hydrogen-bond acceptors (Lipinski definition) is 2. The molecule has 0 aromatic heterocycles. The third kappa shape index (κ3) is 7.78. The lowest BCUT2D eigenvalue weighted by atomic mass is 10.1. The van der Waals surface area contributed by atoms with Crippen molar-refractivity contribution < 1.29 is 9.16 Å². The molecule has 0 heterocycles. The topological polar surface area (TPSA) is 18.5 Å². The van der Waals surface area contributed by atoms with E-state index in [9.17, 15) is 0 Å². The predicted molar refractivity (Wildman–Crippen MR) is 107 cm³/mol. The Morgan fingerprint density at radius 3 is 2.25 bits per heavy atom. The Hall–Kier alpha value is -0.903. The van der Waals surface area contributed by atoms with Crippen LogP contribution >= 0.6 is 0 Å². The third-order valence-electron chi connectivity index (χ3n) is 4.91. The van der Waals surface area contributed by atoms with Gasteiger partial charge >= 0.3 is 0 Å². The molecule has 0 bridgehead atoms. The van der Waals surface area contributed by atoms with Gasteiger partial charge < -0.3 is 9.16 Å². The van der Waals surface area contributed by atoms with Crippen LogP contribution in [0.2, 0.25) is 18.1 Å². The number of ether oxygens (including phenoxy) is 1. The van der Waals surface area contributed by atoms with Crippen molar-refractivity contribution in [3.05, 3.63) is 48.0 Å². The van der Waals surface area contributed by atoms with Crippen LogP contribution in [-0.4, -0.2) is 21.0 Å². The van der Waals surface area contributed by atoms with Gasteiger partial charge in [0.05, 0.1) is 12.7 Å². The molecule has 0 saturated heterocycles. The van der Waals surface area contributed by atoms with Crippen LogP contribution in [0.5, 0.6) is 0 Å². The average Bonchev–Trinajstić information content (AvgIpc) is 2.50. The molecule has 136 valence electrons. The van der Waals surface area contributed by atoms with Gasteiger partial charge in [0.1, 0.15) is 0 Å². The molecular formula is C21H36O2Si. The first-order chi connectivity index (χ1) is 11.1. The van der Waals surface area contributed by atoms with Gasteiger partial charge in [0.2, 0.25) is 0 Å². The highest BCUT2D eigenvalue weighted by atomic mass is 28.4. The van der Waals surface area contributed by atoms with E-state index in [0.29, 0.717) is 12.5 Å². The highest BCUT2D eigenvalue weighted by molar-refractivity contribution is 6.74. The molecule has 1 aromatic rings. The maximum atomic E-state index is 6.25. The number of allylic oxidation sites excluding steroid dienone is 1. The van der Waals surface area contributed by atoms with Gasteiger partial charge in [-0.05, 0) is 43.0 Å². The summed E-state index contributed by atoms with van der Waals surface area (Å²) in [5, 5.41) is 0.284. The molecule has 0 fully saturated rings. The average molecular weight is 349 g/mol. The van der Waals surface area contributed by atoms with Crippen molar-refractivity contribution in [2.24, 2.45) is 5.92 Å². The zero-order valence-corrected chi connectivity index (χ0v) is 17.6. The molecule has 1 rings (SSSR count). The van der Waals surface area contributed by atoms with E-state index in [-0.39, 0.29) is 11.1 Å². The Balaban J connectivity index is 2.28. The number of rotatable bonds is 9. The molecule has 2 nitrogen and oxygen atoms in total. The van der Waals surface area contributed by atoms with Gasteiger partial charge in [-0.25, -0.2) is 0 Å². The first-order valence-electron chi connectivity index (χ1n) is 9.09. The van der Waals surface area contributed by atoms with E-state index in [1.54, 1.807) is 0 Å². The second-order valence-corrected chi connectivity index (χ2v) is 13.1. The molecule has 0 radical (unpaired) electrons. The Morgan fingerprint density at radius 2 is 1.67 bits per heavy atom. The van der Waals surface area contributed by atoms with E-state index >= 15 is 0 Å². The van der Waals surface area contributed by atoms with E-state index in [1.807, 2.05) is 18.2 Å². The highest BCUT2D eigenvalue weighted by Gasteiger charge is 2.36. The second kappa shape index (κ2) is 9.55. The van der Waals surface area contributed by atoms with Gasteiger partial charge in [-0.2, -0.15) is 0 Å². The van der Waals surface area contributed by atoms with Crippen molar-refractivity contribution in [3.63, 3.8) is 0 Å². The van der Waals surface area contributed by atoms with E-state index in [4.69, 9.17) is 9.16 Å². The van der Waals surface area contributed by atoms with E-state index < -0.39 is 8.32 Å². The lowest BCUT2D eigenvalue weighted by Gasteiger charge is -2.36. The first-order valence-corrected chi connectivity index (χ1v) is 12.0. The quantitative estimate of drug-likeness (QED) is 0.391. The predicted octanol–water partition coefficient (Wildman–Crippen LogP) is 6.20. The Labute approximate surface area is 150 Å². The van der Waals surface area contributed by atoms with Gasteiger partial charge in [0.15, 0.2) is 8.32 Å². The zero-order chi connectivity index (χ0) is 18.2. The minimum atomic E-state index is -1.62. The van der Waals surface area contributed by atoms with Crippen molar-refractivity contribution >= 4 is 8.32 Å². The molecule has 0 aliphatic carbocycles. The minimum Gasteiger partial charge on any atom is -0.417 e. The van der Waals surface area contributed by atoms with Crippen molar-refractivity contribution in [1.29, 1.82) is 0 Å². The lowest BCUT2D eigenvalue weighted by molar-refractivity contribution is 0.0836.